The van der Waals surface area contributed by atoms with Gasteiger partial charge in [0, 0.05) is 18.9 Å². The quantitative estimate of drug-likeness (QED) is 0.781. The van der Waals surface area contributed by atoms with E-state index in [0.717, 1.165) is 13.0 Å². The molecule has 0 saturated carbocycles. The molecule has 1 N–H and O–H groups in total. The minimum atomic E-state index is 0.327. The summed E-state index contributed by atoms with van der Waals surface area (Å²) in [6.45, 7) is 1.05. The van der Waals surface area contributed by atoms with Crippen LogP contribution in [0.15, 0.2) is 48.8 Å². The smallest absolute Gasteiger partial charge is 0.0580 e. The van der Waals surface area contributed by atoms with Gasteiger partial charge in [-0.15, -0.1) is 0 Å². The molecule has 1 aromatic carbocycles. The van der Waals surface area contributed by atoms with Gasteiger partial charge in [-0.1, -0.05) is 24.3 Å². The van der Waals surface area contributed by atoms with Crippen molar-refractivity contribution < 1.29 is 0 Å². The number of nitrogens with one attached hydrogen (secondary N) is 1. The molecule has 0 spiro atoms. The van der Waals surface area contributed by atoms with Crippen LogP contribution in [0.3, 0.4) is 0 Å². The van der Waals surface area contributed by atoms with Crippen LogP contribution >= 0.6 is 0 Å². The fourth-order valence-electron chi connectivity index (χ4n) is 2.36. The predicted octanol–water partition coefficient (Wildman–Crippen LogP) is 2.32. The van der Waals surface area contributed by atoms with Crippen molar-refractivity contribution in [2.75, 3.05) is 6.54 Å². The molecule has 0 aliphatic carbocycles. The number of benzene rings is 1. The minimum Gasteiger partial charge on any atom is -0.306 e. The van der Waals surface area contributed by atoms with Gasteiger partial charge in [0.15, 0.2) is 0 Å². The molecule has 2 nitrogen and oxygen atoms in total. The zero-order chi connectivity index (χ0) is 10.8. The topological polar surface area (TPSA) is 24.9 Å². The van der Waals surface area contributed by atoms with Gasteiger partial charge in [0.25, 0.3) is 0 Å². The summed E-state index contributed by atoms with van der Waals surface area (Å²) in [6.07, 6.45) is 4.83. The molecule has 2 heterocycles. The molecule has 80 valence electrons. The molecule has 2 aromatic rings. The van der Waals surface area contributed by atoms with Crippen LogP contribution in [0.1, 0.15) is 22.7 Å². The van der Waals surface area contributed by atoms with E-state index in [1.54, 1.807) is 0 Å². The highest BCUT2D eigenvalue weighted by atomic mass is 14.9. The zero-order valence-corrected chi connectivity index (χ0v) is 9.06. The van der Waals surface area contributed by atoms with Gasteiger partial charge in [0.2, 0.25) is 0 Å². The van der Waals surface area contributed by atoms with Gasteiger partial charge < -0.3 is 5.32 Å². The van der Waals surface area contributed by atoms with Gasteiger partial charge in [-0.3, -0.25) is 4.98 Å². The van der Waals surface area contributed by atoms with Crippen LogP contribution in [0.5, 0.6) is 0 Å². The third-order valence-corrected chi connectivity index (χ3v) is 3.15. The Morgan fingerprint density at radius 3 is 2.75 bits per heavy atom. The van der Waals surface area contributed by atoms with Gasteiger partial charge >= 0.3 is 0 Å². The van der Waals surface area contributed by atoms with Crippen molar-refractivity contribution in [1.82, 2.24) is 10.3 Å². The number of hydrogen-bond acceptors (Lipinski definition) is 2. The van der Waals surface area contributed by atoms with E-state index in [2.05, 4.69) is 46.7 Å². The number of aromatic nitrogens is 1. The van der Waals surface area contributed by atoms with Crippen molar-refractivity contribution in [2.45, 2.75) is 12.5 Å². The lowest BCUT2D eigenvalue weighted by atomic mass is 9.90. The summed E-state index contributed by atoms with van der Waals surface area (Å²) >= 11 is 0. The van der Waals surface area contributed by atoms with Crippen molar-refractivity contribution in [3.05, 3.63) is 65.5 Å². The van der Waals surface area contributed by atoms with Crippen molar-refractivity contribution in [1.29, 1.82) is 0 Å². The highest BCUT2D eigenvalue weighted by molar-refractivity contribution is 5.38. The molecule has 0 amide bonds. The largest absolute Gasteiger partial charge is 0.306 e. The molecule has 0 bridgehead atoms. The second kappa shape index (κ2) is 4.06. The Morgan fingerprint density at radius 1 is 1.06 bits per heavy atom. The number of rotatable bonds is 1. The first-order chi connectivity index (χ1) is 7.95. The fraction of sp³-hybridized carbons (Fsp3) is 0.214. The summed E-state index contributed by atoms with van der Waals surface area (Å²) in [5.41, 5.74) is 4.16. The molecule has 3 rings (SSSR count). The van der Waals surface area contributed by atoms with Crippen LogP contribution < -0.4 is 5.32 Å². The Bertz CT molecular complexity index is 479. The average Bonchev–Trinajstić information content (AvgIpc) is 2.39. The highest BCUT2D eigenvalue weighted by Crippen LogP contribution is 2.27. The van der Waals surface area contributed by atoms with E-state index in [9.17, 15) is 0 Å². The van der Waals surface area contributed by atoms with E-state index in [-0.39, 0.29) is 0 Å². The molecule has 2 heteroatoms. The Morgan fingerprint density at radius 2 is 1.88 bits per heavy atom. The van der Waals surface area contributed by atoms with Crippen molar-refractivity contribution >= 4 is 0 Å². The molecule has 0 unspecified atom stereocenters. The molecule has 0 fully saturated rings. The molecule has 1 atom stereocenters. The lowest BCUT2D eigenvalue weighted by Crippen LogP contribution is -2.30. The van der Waals surface area contributed by atoms with E-state index < -0.39 is 0 Å². The number of nitrogens with zero attached hydrogens (tertiary/aromatic N) is 1. The fourth-order valence-corrected chi connectivity index (χ4v) is 2.36. The van der Waals surface area contributed by atoms with E-state index in [4.69, 9.17) is 0 Å². The molecule has 16 heavy (non-hydrogen) atoms. The first-order valence-corrected chi connectivity index (χ1v) is 5.66. The maximum absolute atomic E-state index is 4.07. The molecule has 0 radical (unpaired) electrons. The Balaban J connectivity index is 2.05. The summed E-state index contributed by atoms with van der Waals surface area (Å²) in [5, 5.41) is 3.56. The summed E-state index contributed by atoms with van der Waals surface area (Å²) in [6, 6.07) is 13.2. The van der Waals surface area contributed by atoms with Gasteiger partial charge in [0.05, 0.1) is 6.04 Å². The SMILES string of the molecule is c1ccc2c(c1)CCN[C@@H]2c1ccncc1. The lowest BCUT2D eigenvalue weighted by molar-refractivity contribution is 0.567. The second-order valence-electron chi connectivity index (χ2n) is 4.12. The van der Waals surface area contributed by atoms with Crippen LogP contribution in [-0.2, 0) is 6.42 Å². The summed E-state index contributed by atoms with van der Waals surface area (Å²) in [7, 11) is 0. The number of fused-ring (bicyclic) bond motifs is 1. The van der Waals surface area contributed by atoms with Crippen molar-refractivity contribution in [3.8, 4) is 0 Å². The maximum Gasteiger partial charge on any atom is 0.0580 e. The second-order valence-corrected chi connectivity index (χ2v) is 4.12. The number of hydrogen-bond donors (Lipinski definition) is 1. The van der Waals surface area contributed by atoms with Gasteiger partial charge in [-0.25, -0.2) is 0 Å². The first kappa shape index (κ1) is 9.55. The van der Waals surface area contributed by atoms with E-state index >= 15 is 0 Å². The van der Waals surface area contributed by atoms with Gasteiger partial charge in [-0.05, 0) is 35.2 Å². The predicted molar refractivity (Wildman–Crippen MR) is 64.2 cm³/mol. The molecule has 1 aliphatic heterocycles. The average molecular weight is 210 g/mol. The summed E-state index contributed by atoms with van der Waals surface area (Å²) in [4.78, 5) is 4.07. The van der Waals surface area contributed by atoms with E-state index in [1.165, 1.54) is 16.7 Å². The van der Waals surface area contributed by atoms with Gasteiger partial charge in [-0.2, -0.15) is 0 Å². The normalized spacial score (nSPS) is 19.1. The van der Waals surface area contributed by atoms with Crippen LogP contribution in [0, 0.1) is 0 Å². The number of pyridine rings is 1. The zero-order valence-electron chi connectivity index (χ0n) is 9.06. The van der Waals surface area contributed by atoms with Crippen LogP contribution in [0.25, 0.3) is 0 Å². The van der Waals surface area contributed by atoms with Crippen LogP contribution in [0.2, 0.25) is 0 Å². The highest BCUT2D eigenvalue weighted by Gasteiger charge is 2.20. The van der Waals surface area contributed by atoms with Crippen LogP contribution in [-0.4, -0.2) is 11.5 Å². The summed E-state index contributed by atoms with van der Waals surface area (Å²) in [5.74, 6) is 0. The Labute approximate surface area is 95.3 Å². The molecule has 1 aliphatic rings. The third-order valence-electron chi connectivity index (χ3n) is 3.15. The molecular formula is C14H14N2. The molecule has 1 aromatic heterocycles. The van der Waals surface area contributed by atoms with Gasteiger partial charge in [0.1, 0.15) is 0 Å². The Kier molecular flexibility index (Phi) is 2.43. The van der Waals surface area contributed by atoms with E-state index in [0.29, 0.717) is 6.04 Å². The minimum absolute atomic E-state index is 0.327. The molecular weight excluding hydrogens is 196 g/mol. The maximum atomic E-state index is 4.07. The first-order valence-electron chi connectivity index (χ1n) is 5.66. The summed E-state index contributed by atoms with van der Waals surface area (Å²) < 4.78 is 0. The standard InChI is InChI=1S/C14H14N2/c1-2-4-13-11(3-1)7-10-16-14(13)12-5-8-15-9-6-12/h1-6,8-9,14,16H,7,10H2/t14-/m1/s1. The van der Waals surface area contributed by atoms with Crippen molar-refractivity contribution in [2.24, 2.45) is 0 Å². The van der Waals surface area contributed by atoms with E-state index in [1.807, 2.05) is 12.4 Å². The van der Waals surface area contributed by atoms with Crippen molar-refractivity contribution in [3.63, 3.8) is 0 Å². The third kappa shape index (κ3) is 1.61. The lowest BCUT2D eigenvalue weighted by Gasteiger charge is -2.27. The Hall–Kier alpha value is -1.67. The monoisotopic (exact) mass is 210 g/mol. The van der Waals surface area contributed by atoms with Crippen LogP contribution in [0.4, 0.5) is 0 Å². The molecule has 0 saturated heterocycles.